The first-order valence-electron chi connectivity index (χ1n) is 7.73. The number of hydrogen-bond donors (Lipinski definition) is 2. The molecule has 0 spiro atoms. The molecule has 2 rings (SSSR count). The number of nitrogens with two attached hydrogens (primary N) is 1. The third kappa shape index (κ3) is 5.65. The number of anilines is 1. The van der Waals surface area contributed by atoms with E-state index < -0.39 is 0 Å². The molecule has 0 aromatic carbocycles. The summed E-state index contributed by atoms with van der Waals surface area (Å²) in [4.78, 5) is 25.1. The Labute approximate surface area is 144 Å². The van der Waals surface area contributed by atoms with Crippen molar-refractivity contribution in [3.05, 3.63) is 0 Å². The van der Waals surface area contributed by atoms with E-state index in [9.17, 15) is 9.59 Å². The van der Waals surface area contributed by atoms with Crippen molar-refractivity contribution in [3.8, 4) is 0 Å². The molecule has 2 heterocycles. The van der Waals surface area contributed by atoms with Crippen molar-refractivity contribution in [2.24, 2.45) is 17.6 Å². The van der Waals surface area contributed by atoms with Crippen LogP contribution in [-0.4, -0.2) is 52.3 Å². The number of thioether (sulfide) groups is 1. The normalized spacial score (nSPS) is 15.9. The maximum Gasteiger partial charge on any atom is 0.233 e. The predicted molar refractivity (Wildman–Crippen MR) is 92.5 cm³/mol. The Morgan fingerprint density at radius 1 is 1.39 bits per heavy atom. The van der Waals surface area contributed by atoms with Gasteiger partial charge in [0, 0.05) is 25.6 Å². The van der Waals surface area contributed by atoms with Crippen molar-refractivity contribution < 1.29 is 9.59 Å². The number of nitrogens with zero attached hydrogens (tertiary/aromatic N) is 3. The Kier molecular flexibility index (Phi) is 6.64. The summed E-state index contributed by atoms with van der Waals surface area (Å²) in [7, 11) is 0. The van der Waals surface area contributed by atoms with Gasteiger partial charge in [0.25, 0.3) is 0 Å². The topological polar surface area (TPSA) is 101 Å². The van der Waals surface area contributed by atoms with E-state index in [1.54, 1.807) is 4.90 Å². The molecular formula is C14H23N5O2S2. The molecule has 0 bridgehead atoms. The van der Waals surface area contributed by atoms with Crippen LogP contribution in [0.3, 0.4) is 0 Å². The molecule has 0 saturated carbocycles. The average molecular weight is 358 g/mol. The molecule has 0 unspecified atom stereocenters. The first kappa shape index (κ1) is 18.0. The first-order valence-corrected chi connectivity index (χ1v) is 9.53. The second-order valence-corrected chi connectivity index (χ2v) is 8.19. The van der Waals surface area contributed by atoms with Crippen LogP contribution in [0.1, 0.15) is 26.7 Å². The highest BCUT2D eigenvalue weighted by Crippen LogP contribution is 2.26. The lowest BCUT2D eigenvalue weighted by atomic mass is 9.96. The second-order valence-electron chi connectivity index (χ2n) is 5.99. The standard InChI is InChI=1S/C14H23N5O2S2/c1-9(2)7-16-13-17-18-14(23-13)22-8-11(20)19-5-3-10(4-6-19)12(15)21/h9-10H,3-8H2,1-2H3,(H2,15,21)(H,16,17). The van der Waals surface area contributed by atoms with Crippen molar-refractivity contribution in [1.29, 1.82) is 0 Å². The van der Waals surface area contributed by atoms with Gasteiger partial charge < -0.3 is 16.0 Å². The summed E-state index contributed by atoms with van der Waals surface area (Å²) >= 11 is 2.87. The van der Waals surface area contributed by atoms with Gasteiger partial charge >= 0.3 is 0 Å². The molecule has 0 radical (unpaired) electrons. The van der Waals surface area contributed by atoms with Gasteiger partial charge in [0.05, 0.1) is 5.75 Å². The fourth-order valence-electron chi connectivity index (χ4n) is 2.26. The van der Waals surface area contributed by atoms with Crippen LogP contribution in [0.15, 0.2) is 4.34 Å². The molecule has 0 aliphatic carbocycles. The number of likely N-dealkylation sites (tertiary alicyclic amines) is 1. The van der Waals surface area contributed by atoms with E-state index in [0.29, 0.717) is 37.6 Å². The number of piperidine rings is 1. The number of amides is 2. The Hall–Kier alpha value is -1.35. The summed E-state index contributed by atoms with van der Waals surface area (Å²) in [5.41, 5.74) is 5.30. The van der Waals surface area contributed by atoms with Gasteiger partial charge in [-0.15, -0.1) is 10.2 Å². The highest BCUT2D eigenvalue weighted by atomic mass is 32.2. The van der Waals surface area contributed by atoms with Crippen LogP contribution in [-0.2, 0) is 9.59 Å². The molecule has 1 aromatic heterocycles. The Morgan fingerprint density at radius 2 is 2.09 bits per heavy atom. The van der Waals surface area contributed by atoms with Crippen molar-refractivity contribution in [1.82, 2.24) is 15.1 Å². The molecule has 7 nitrogen and oxygen atoms in total. The zero-order chi connectivity index (χ0) is 16.8. The van der Waals surface area contributed by atoms with Gasteiger partial charge in [-0.25, -0.2) is 0 Å². The van der Waals surface area contributed by atoms with Gasteiger partial charge in [-0.3, -0.25) is 9.59 Å². The Bertz CT molecular complexity index is 541. The molecule has 23 heavy (non-hydrogen) atoms. The van der Waals surface area contributed by atoms with Crippen LogP contribution in [0, 0.1) is 11.8 Å². The number of carbonyl (C=O) groups is 2. The summed E-state index contributed by atoms with van der Waals surface area (Å²) in [6, 6.07) is 0. The van der Waals surface area contributed by atoms with Gasteiger partial charge in [0.1, 0.15) is 0 Å². The smallest absolute Gasteiger partial charge is 0.233 e. The summed E-state index contributed by atoms with van der Waals surface area (Å²) in [5.74, 6) is 0.607. The lowest BCUT2D eigenvalue weighted by molar-refractivity contribution is -0.132. The van der Waals surface area contributed by atoms with E-state index in [2.05, 4.69) is 29.4 Å². The second kappa shape index (κ2) is 8.49. The van der Waals surface area contributed by atoms with Crippen molar-refractivity contribution in [2.45, 2.75) is 31.0 Å². The Morgan fingerprint density at radius 3 is 2.70 bits per heavy atom. The summed E-state index contributed by atoms with van der Waals surface area (Å²) < 4.78 is 0.789. The molecule has 128 valence electrons. The average Bonchev–Trinajstić information content (AvgIpc) is 2.98. The molecule has 1 aromatic rings. The maximum atomic E-state index is 12.2. The largest absolute Gasteiger partial charge is 0.369 e. The fraction of sp³-hybridized carbons (Fsp3) is 0.714. The van der Waals surface area contributed by atoms with Gasteiger partial charge in [0.15, 0.2) is 4.34 Å². The van der Waals surface area contributed by atoms with Crippen LogP contribution in [0.25, 0.3) is 0 Å². The van der Waals surface area contributed by atoms with Crippen molar-refractivity contribution >= 4 is 40.0 Å². The molecule has 1 aliphatic rings. The van der Waals surface area contributed by atoms with Crippen LogP contribution in [0.5, 0.6) is 0 Å². The van der Waals surface area contributed by atoms with Crippen LogP contribution < -0.4 is 11.1 Å². The molecule has 1 saturated heterocycles. The molecule has 1 fully saturated rings. The zero-order valence-electron chi connectivity index (χ0n) is 13.4. The first-order chi connectivity index (χ1) is 11.0. The molecule has 9 heteroatoms. The third-order valence-electron chi connectivity index (χ3n) is 3.64. The minimum absolute atomic E-state index is 0.0739. The van der Waals surface area contributed by atoms with E-state index in [-0.39, 0.29) is 17.7 Å². The van der Waals surface area contributed by atoms with E-state index in [4.69, 9.17) is 5.73 Å². The highest BCUT2D eigenvalue weighted by Gasteiger charge is 2.25. The fourth-order valence-corrected chi connectivity index (χ4v) is 3.92. The SMILES string of the molecule is CC(C)CNc1nnc(SCC(=O)N2CCC(C(N)=O)CC2)s1. The van der Waals surface area contributed by atoms with E-state index in [1.807, 2.05) is 0 Å². The monoisotopic (exact) mass is 357 g/mol. The van der Waals surface area contributed by atoms with E-state index in [0.717, 1.165) is 16.0 Å². The molecule has 2 amide bonds. The van der Waals surface area contributed by atoms with Crippen molar-refractivity contribution in [3.63, 3.8) is 0 Å². The summed E-state index contributed by atoms with van der Waals surface area (Å²) in [6.45, 7) is 6.31. The predicted octanol–water partition coefficient (Wildman–Crippen LogP) is 1.42. The van der Waals surface area contributed by atoms with Gasteiger partial charge in [-0.05, 0) is 18.8 Å². The van der Waals surface area contributed by atoms with Crippen LogP contribution >= 0.6 is 23.1 Å². The zero-order valence-corrected chi connectivity index (χ0v) is 15.1. The van der Waals surface area contributed by atoms with Gasteiger partial charge in [0.2, 0.25) is 16.9 Å². The lowest BCUT2D eigenvalue weighted by Crippen LogP contribution is -2.42. The molecular weight excluding hydrogens is 334 g/mol. The number of carbonyl (C=O) groups excluding carboxylic acids is 2. The molecule has 0 atom stereocenters. The number of aromatic nitrogens is 2. The number of nitrogens with one attached hydrogen (secondary N) is 1. The van der Waals surface area contributed by atoms with Gasteiger partial charge in [-0.1, -0.05) is 36.9 Å². The van der Waals surface area contributed by atoms with E-state index in [1.165, 1.54) is 23.1 Å². The lowest BCUT2D eigenvalue weighted by Gasteiger charge is -2.30. The maximum absolute atomic E-state index is 12.2. The quantitative estimate of drug-likeness (QED) is 0.716. The minimum Gasteiger partial charge on any atom is -0.369 e. The van der Waals surface area contributed by atoms with Crippen LogP contribution in [0.4, 0.5) is 5.13 Å². The van der Waals surface area contributed by atoms with Gasteiger partial charge in [-0.2, -0.15) is 0 Å². The van der Waals surface area contributed by atoms with Crippen LogP contribution in [0.2, 0.25) is 0 Å². The number of hydrogen-bond acceptors (Lipinski definition) is 7. The minimum atomic E-state index is -0.262. The third-order valence-corrected chi connectivity index (χ3v) is 5.64. The highest BCUT2D eigenvalue weighted by molar-refractivity contribution is 8.01. The van der Waals surface area contributed by atoms with Crippen molar-refractivity contribution in [2.75, 3.05) is 30.7 Å². The molecule has 1 aliphatic heterocycles. The molecule has 3 N–H and O–H groups in total. The number of rotatable bonds is 7. The summed E-state index contributed by atoms with van der Waals surface area (Å²) in [5, 5.41) is 12.2. The number of primary amides is 1. The van der Waals surface area contributed by atoms with E-state index >= 15 is 0 Å². The Balaban J connectivity index is 1.73. The summed E-state index contributed by atoms with van der Waals surface area (Å²) in [6.07, 6.45) is 1.32.